The molecule has 2 heterocycles. The molecule has 3 aromatic rings. The highest BCUT2D eigenvalue weighted by atomic mass is 35.5. The molecule has 1 amide bonds. The van der Waals surface area contributed by atoms with Gasteiger partial charge in [-0.05, 0) is 42.3 Å². The molecule has 9 heteroatoms. The molecule has 172 valence electrons. The van der Waals surface area contributed by atoms with Crippen molar-refractivity contribution in [2.24, 2.45) is 0 Å². The molecule has 0 unspecified atom stereocenters. The van der Waals surface area contributed by atoms with Crippen molar-refractivity contribution in [1.29, 1.82) is 0 Å². The van der Waals surface area contributed by atoms with Gasteiger partial charge >= 0.3 is 0 Å². The topological polar surface area (TPSA) is 82.6 Å². The smallest absolute Gasteiger partial charge is 0.254 e. The van der Waals surface area contributed by atoms with Crippen LogP contribution in [0.1, 0.15) is 21.5 Å². The Morgan fingerprint density at radius 2 is 1.76 bits per heavy atom. The van der Waals surface area contributed by atoms with Gasteiger partial charge in [-0.15, -0.1) is 0 Å². The number of amides is 1. The molecule has 0 radical (unpaired) electrons. The number of nitrogens with one attached hydrogen (secondary N) is 1. The van der Waals surface area contributed by atoms with E-state index in [-0.39, 0.29) is 17.3 Å². The summed E-state index contributed by atoms with van der Waals surface area (Å²) in [6.45, 7) is 4.31. The Morgan fingerprint density at radius 1 is 1.03 bits per heavy atom. The molecular formula is C24H25ClN4O3S. The number of halogens is 1. The number of hydrogen-bond acceptors (Lipinski definition) is 5. The average Bonchev–Trinajstić information content (AvgIpc) is 2.84. The zero-order chi connectivity index (χ0) is 23.4. The zero-order valence-electron chi connectivity index (χ0n) is 18.2. The van der Waals surface area contributed by atoms with Crippen LogP contribution in [0.4, 0.5) is 5.82 Å². The lowest BCUT2D eigenvalue weighted by atomic mass is 10.1. The minimum atomic E-state index is -3.76. The highest BCUT2D eigenvalue weighted by Gasteiger charge is 2.25. The van der Waals surface area contributed by atoms with Crippen molar-refractivity contribution in [1.82, 2.24) is 14.6 Å². The van der Waals surface area contributed by atoms with Gasteiger partial charge in [0.05, 0.1) is 9.92 Å². The first-order chi connectivity index (χ1) is 15.8. The largest absolute Gasteiger partial charge is 0.353 e. The maximum atomic E-state index is 13.2. The van der Waals surface area contributed by atoms with Crippen LogP contribution in [0.3, 0.4) is 0 Å². The molecule has 1 aliphatic heterocycles. The molecular weight excluding hydrogens is 460 g/mol. The number of benzene rings is 2. The summed E-state index contributed by atoms with van der Waals surface area (Å²) < 4.78 is 28.3. The van der Waals surface area contributed by atoms with Crippen LogP contribution in [0.5, 0.6) is 0 Å². The Bertz CT molecular complexity index is 1230. The Kier molecular flexibility index (Phi) is 6.97. The van der Waals surface area contributed by atoms with E-state index in [1.165, 1.54) is 12.1 Å². The lowest BCUT2D eigenvalue weighted by molar-refractivity contribution is 0.0745. The fourth-order valence-electron chi connectivity index (χ4n) is 3.72. The highest BCUT2D eigenvalue weighted by Crippen LogP contribution is 2.21. The molecule has 0 spiro atoms. The summed E-state index contributed by atoms with van der Waals surface area (Å²) in [5.41, 5.74) is 2.00. The molecule has 1 fully saturated rings. The van der Waals surface area contributed by atoms with E-state index in [0.29, 0.717) is 36.8 Å². The zero-order valence-corrected chi connectivity index (χ0v) is 19.8. The molecule has 0 saturated carbocycles. The summed E-state index contributed by atoms with van der Waals surface area (Å²) in [6, 6.07) is 17.6. The second-order valence-corrected chi connectivity index (χ2v) is 10.1. The monoisotopic (exact) mass is 484 g/mol. The van der Waals surface area contributed by atoms with Crippen molar-refractivity contribution >= 4 is 33.3 Å². The molecule has 4 rings (SSSR count). The van der Waals surface area contributed by atoms with E-state index in [1.54, 1.807) is 23.2 Å². The van der Waals surface area contributed by atoms with Crippen LogP contribution < -0.4 is 9.62 Å². The van der Waals surface area contributed by atoms with Crippen LogP contribution in [0.25, 0.3) is 0 Å². The van der Waals surface area contributed by atoms with E-state index in [9.17, 15) is 13.2 Å². The van der Waals surface area contributed by atoms with Crippen molar-refractivity contribution in [3.8, 4) is 0 Å². The molecule has 0 bridgehead atoms. The normalized spacial score (nSPS) is 14.4. The molecule has 1 aromatic heterocycles. The Hall–Kier alpha value is -2.94. The third-order valence-electron chi connectivity index (χ3n) is 5.66. The first-order valence-corrected chi connectivity index (χ1v) is 12.5. The molecule has 1 saturated heterocycles. The van der Waals surface area contributed by atoms with Gasteiger partial charge in [0, 0.05) is 44.5 Å². The molecule has 0 atom stereocenters. The second kappa shape index (κ2) is 9.91. The van der Waals surface area contributed by atoms with E-state index < -0.39 is 10.0 Å². The number of hydrogen-bond donors (Lipinski definition) is 1. The van der Waals surface area contributed by atoms with Crippen molar-refractivity contribution in [3.05, 3.63) is 88.6 Å². The van der Waals surface area contributed by atoms with E-state index in [4.69, 9.17) is 11.6 Å². The number of carbonyl (C=O) groups excluding carboxylic acids is 1. The van der Waals surface area contributed by atoms with Gasteiger partial charge in [0.1, 0.15) is 5.82 Å². The van der Waals surface area contributed by atoms with Crippen molar-refractivity contribution in [2.75, 3.05) is 31.1 Å². The van der Waals surface area contributed by atoms with Crippen LogP contribution in [-0.4, -0.2) is 50.4 Å². The number of pyridine rings is 1. The van der Waals surface area contributed by atoms with Gasteiger partial charge in [0.2, 0.25) is 10.0 Å². The number of nitrogens with zero attached hydrogens (tertiary/aromatic N) is 3. The van der Waals surface area contributed by atoms with E-state index in [0.717, 1.165) is 16.9 Å². The summed E-state index contributed by atoms with van der Waals surface area (Å²) in [6.07, 6.45) is 1.61. The maximum Gasteiger partial charge on any atom is 0.254 e. The quantitative estimate of drug-likeness (QED) is 0.579. The van der Waals surface area contributed by atoms with Crippen LogP contribution in [0.15, 0.2) is 71.8 Å². The summed E-state index contributed by atoms with van der Waals surface area (Å²) in [7, 11) is -3.76. The number of sulfonamides is 1. The molecule has 0 aliphatic carbocycles. The van der Waals surface area contributed by atoms with Crippen LogP contribution in [-0.2, 0) is 16.6 Å². The fourth-order valence-corrected chi connectivity index (χ4v) is 4.88. The first kappa shape index (κ1) is 23.2. The predicted molar refractivity (Wildman–Crippen MR) is 129 cm³/mol. The third kappa shape index (κ3) is 5.52. The van der Waals surface area contributed by atoms with Gasteiger partial charge < -0.3 is 9.80 Å². The summed E-state index contributed by atoms with van der Waals surface area (Å²) in [4.78, 5) is 21.5. The lowest BCUT2D eigenvalue weighted by Gasteiger charge is -2.35. The van der Waals surface area contributed by atoms with Gasteiger partial charge in [0.25, 0.3) is 5.91 Å². The van der Waals surface area contributed by atoms with Crippen LogP contribution in [0, 0.1) is 6.92 Å². The minimum absolute atomic E-state index is 0.0800. The van der Waals surface area contributed by atoms with Crippen molar-refractivity contribution in [2.45, 2.75) is 18.4 Å². The highest BCUT2D eigenvalue weighted by molar-refractivity contribution is 7.89. The lowest BCUT2D eigenvalue weighted by Crippen LogP contribution is -2.49. The number of anilines is 1. The van der Waals surface area contributed by atoms with Crippen LogP contribution >= 0.6 is 11.6 Å². The number of piperazine rings is 1. The van der Waals surface area contributed by atoms with Gasteiger partial charge in [-0.1, -0.05) is 48.0 Å². The molecule has 1 aliphatic rings. The molecule has 33 heavy (non-hydrogen) atoms. The SMILES string of the molecule is Cc1ccc(S(=O)(=O)NCc2ccccc2)cc1C(=O)N1CCN(c2ccc(Cl)cn2)CC1. The van der Waals surface area contributed by atoms with Crippen molar-refractivity contribution in [3.63, 3.8) is 0 Å². The van der Waals surface area contributed by atoms with E-state index >= 15 is 0 Å². The number of rotatable bonds is 6. The average molecular weight is 485 g/mol. The van der Waals surface area contributed by atoms with Gasteiger partial charge in [-0.3, -0.25) is 4.79 Å². The molecule has 2 aromatic carbocycles. The maximum absolute atomic E-state index is 13.2. The second-order valence-electron chi connectivity index (χ2n) is 7.90. The molecule has 7 nitrogen and oxygen atoms in total. The summed E-state index contributed by atoms with van der Waals surface area (Å²) in [5, 5.41) is 0.580. The van der Waals surface area contributed by atoms with E-state index in [1.807, 2.05) is 43.3 Å². The van der Waals surface area contributed by atoms with Crippen LogP contribution in [0.2, 0.25) is 5.02 Å². The first-order valence-electron chi connectivity index (χ1n) is 10.6. The van der Waals surface area contributed by atoms with Gasteiger partial charge in [0.15, 0.2) is 0 Å². The van der Waals surface area contributed by atoms with Gasteiger partial charge in [-0.2, -0.15) is 0 Å². The Balaban J connectivity index is 1.45. The predicted octanol–water partition coefficient (Wildman–Crippen LogP) is 3.48. The third-order valence-corrected chi connectivity index (χ3v) is 7.28. The minimum Gasteiger partial charge on any atom is -0.353 e. The number of carbonyl (C=O) groups is 1. The standard InChI is InChI=1S/C24H25ClN4O3S/c1-18-7-9-21(33(31,32)27-16-19-5-3-2-4-6-19)15-22(18)24(30)29-13-11-28(12-14-29)23-10-8-20(25)17-26-23/h2-10,15,17,27H,11-14,16H2,1H3. The molecule has 1 N–H and O–H groups in total. The number of aryl methyl sites for hydroxylation is 1. The van der Waals surface area contributed by atoms with E-state index in [2.05, 4.69) is 14.6 Å². The summed E-state index contributed by atoms with van der Waals surface area (Å²) in [5.74, 6) is 0.650. The van der Waals surface area contributed by atoms with Crippen molar-refractivity contribution < 1.29 is 13.2 Å². The Morgan fingerprint density at radius 3 is 2.42 bits per heavy atom. The summed E-state index contributed by atoms with van der Waals surface area (Å²) >= 11 is 5.91. The van der Waals surface area contributed by atoms with Gasteiger partial charge in [-0.25, -0.2) is 18.1 Å². The number of aromatic nitrogens is 1. The Labute approximate surface area is 199 Å². The fraction of sp³-hybridized carbons (Fsp3) is 0.250.